The lowest BCUT2D eigenvalue weighted by Crippen LogP contribution is -2.31. The minimum Gasteiger partial charge on any atom is -0.384 e. The van der Waals surface area contributed by atoms with Gasteiger partial charge >= 0.3 is 0 Å². The average Bonchev–Trinajstić information content (AvgIpc) is 2.61. The molecule has 2 unspecified atom stereocenters. The molecule has 1 aliphatic heterocycles. The first-order valence-electron chi connectivity index (χ1n) is 5.60. The van der Waals surface area contributed by atoms with E-state index in [0.717, 1.165) is 24.2 Å². The van der Waals surface area contributed by atoms with Gasteiger partial charge in [-0.05, 0) is 29.7 Å². The summed E-state index contributed by atoms with van der Waals surface area (Å²) in [6.45, 7) is 4.27. The molecule has 0 aliphatic carbocycles. The maximum atomic E-state index is 10.6. The van der Waals surface area contributed by atoms with Crippen LogP contribution in [0.2, 0.25) is 0 Å². The maximum Gasteiger partial charge on any atom is 0.102 e. The van der Waals surface area contributed by atoms with Crippen LogP contribution in [0.15, 0.2) is 24.3 Å². The molecule has 1 aromatic rings. The fourth-order valence-electron chi connectivity index (χ4n) is 2.14. The van der Waals surface area contributed by atoms with E-state index in [2.05, 4.69) is 38.1 Å². The van der Waals surface area contributed by atoms with E-state index >= 15 is 0 Å². The number of aryl methyl sites for hydroxylation is 1. The van der Waals surface area contributed by atoms with Gasteiger partial charge in [0.05, 0.1) is 0 Å². The van der Waals surface area contributed by atoms with Crippen LogP contribution in [0.5, 0.6) is 0 Å². The summed E-state index contributed by atoms with van der Waals surface area (Å²) in [4.78, 5) is 0. The molecule has 1 fully saturated rings. The monoisotopic (exact) mass is 222 g/mol. The van der Waals surface area contributed by atoms with Crippen LogP contribution in [0.4, 0.5) is 0 Å². The van der Waals surface area contributed by atoms with Gasteiger partial charge in [-0.1, -0.05) is 38.1 Å². The first kappa shape index (κ1) is 11.0. The minimum atomic E-state index is -0.600. The van der Waals surface area contributed by atoms with Crippen molar-refractivity contribution < 1.29 is 5.11 Å². The van der Waals surface area contributed by atoms with Crippen LogP contribution >= 0.6 is 11.8 Å². The number of benzene rings is 1. The summed E-state index contributed by atoms with van der Waals surface area (Å²) in [5.41, 5.74) is 1.81. The third kappa shape index (κ3) is 1.93. The number of thioether (sulfide) groups is 1. The molecule has 0 bridgehead atoms. The minimum absolute atomic E-state index is 0.310. The molecule has 1 aliphatic rings. The summed E-state index contributed by atoms with van der Waals surface area (Å²) < 4.78 is 0. The van der Waals surface area contributed by atoms with Crippen LogP contribution in [0, 0.1) is 0 Å². The lowest BCUT2D eigenvalue weighted by molar-refractivity contribution is 0.0427. The first-order chi connectivity index (χ1) is 7.16. The fraction of sp³-hybridized carbons (Fsp3) is 0.538. The van der Waals surface area contributed by atoms with E-state index in [1.165, 1.54) is 5.56 Å². The Morgan fingerprint density at radius 2 is 2.07 bits per heavy atom. The Morgan fingerprint density at radius 1 is 1.40 bits per heavy atom. The highest BCUT2D eigenvalue weighted by molar-refractivity contribution is 8.00. The van der Waals surface area contributed by atoms with Crippen molar-refractivity contribution in [1.82, 2.24) is 0 Å². The van der Waals surface area contributed by atoms with Gasteiger partial charge in [0.1, 0.15) is 5.60 Å². The van der Waals surface area contributed by atoms with Crippen molar-refractivity contribution in [2.75, 3.05) is 5.75 Å². The van der Waals surface area contributed by atoms with Crippen LogP contribution in [-0.2, 0) is 12.0 Å². The highest BCUT2D eigenvalue weighted by atomic mass is 32.2. The second kappa shape index (κ2) is 4.18. The molecular weight excluding hydrogens is 204 g/mol. The lowest BCUT2D eigenvalue weighted by Gasteiger charge is -2.27. The predicted molar refractivity (Wildman–Crippen MR) is 66.3 cm³/mol. The summed E-state index contributed by atoms with van der Waals surface area (Å²) in [6, 6.07) is 8.43. The highest BCUT2D eigenvalue weighted by Crippen LogP contribution is 2.42. The Bertz CT molecular complexity index is 333. The van der Waals surface area contributed by atoms with Crippen molar-refractivity contribution in [1.29, 1.82) is 0 Å². The van der Waals surface area contributed by atoms with Gasteiger partial charge in [-0.15, -0.1) is 0 Å². The SMILES string of the molecule is CCc1ccc(C2(O)CCSC2C)cc1. The van der Waals surface area contributed by atoms with Crippen molar-refractivity contribution in [3.8, 4) is 0 Å². The second-order valence-corrected chi connectivity index (χ2v) is 5.69. The molecule has 15 heavy (non-hydrogen) atoms. The van der Waals surface area contributed by atoms with Crippen LogP contribution in [-0.4, -0.2) is 16.1 Å². The average molecular weight is 222 g/mol. The van der Waals surface area contributed by atoms with Gasteiger partial charge in [-0.25, -0.2) is 0 Å². The van der Waals surface area contributed by atoms with Gasteiger partial charge in [-0.2, -0.15) is 11.8 Å². The summed E-state index contributed by atoms with van der Waals surface area (Å²) in [5, 5.41) is 10.9. The fourth-order valence-corrected chi connectivity index (χ4v) is 3.45. The highest BCUT2D eigenvalue weighted by Gasteiger charge is 2.40. The van der Waals surface area contributed by atoms with E-state index in [4.69, 9.17) is 0 Å². The van der Waals surface area contributed by atoms with E-state index in [9.17, 15) is 5.11 Å². The molecule has 0 saturated carbocycles. The summed E-state index contributed by atoms with van der Waals surface area (Å²) in [5.74, 6) is 1.06. The topological polar surface area (TPSA) is 20.2 Å². The Morgan fingerprint density at radius 3 is 2.53 bits per heavy atom. The van der Waals surface area contributed by atoms with Crippen molar-refractivity contribution >= 4 is 11.8 Å². The summed E-state index contributed by atoms with van der Waals surface area (Å²) >= 11 is 1.86. The van der Waals surface area contributed by atoms with Crippen molar-refractivity contribution in [2.24, 2.45) is 0 Å². The molecule has 0 aromatic heterocycles. The van der Waals surface area contributed by atoms with Crippen molar-refractivity contribution in [3.05, 3.63) is 35.4 Å². The molecule has 1 N–H and O–H groups in total. The third-order valence-corrected chi connectivity index (χ3v) is 4.72. The normalized spacial score (nSPS) is 30.7. The van der Waals surface area contributed by atoms with Crippen LogP contribution in [0.3, 0.4) is 0 Å². The molecule has 2 atom stereocenters. The van der Waals surface area contributed by atoms with Gasteiger partial charge in [0.25, 0.3) is 0 Å². The zero-order chi connectivity index (χ0) is 10.9. The summed E-state index contributed by atoms with van der Waals surface area (Å²) in [6.07, 6.45) is 1.94. The lowest BCUT2D eigenvalue weighted by atomic mass is 9.88. The van der Waals surface area contributed by atoms with E-state index in [1.54, 1.807) is 0 Å². The number of hydrogen-bond donors (Lipinski definition) is 1. The van der Waals surface area contributed by atoms with E-state index in [-0.39, 0.29) is 0 Å². The van der Waals surface area contributed by atoms with Crippen LogP contribution in [0.1, 0.15) is 31.4 Å². The largest absolute Gasteiger partial charge is 0.384 e. The molecule has 0 radical (unpaired) electrons. The molecule has 1 saturated heterocycles. The van der Waals surface area contributed by atoms with E-state index in [0.29, 0.717) is 5.25 Å². The predicted octanol–water partition coefficient (Wildman–Crippen LogP) is 2.96. The Labute approximate surface area is 95.9 Å². The van der Waals surface area contributed by atoms with Crippen molar-refractivity contribution in [3.63, 3.8) is 0 Å². The zero-order valence-electron chi connectivity index (χ0n) is 9.36. The molecule has 1 heterocycles. The van der Waals surface area contributed by atoms with Crippen LogP contribution in [0.25, 0.3) is 0 Å². The van der Waals surface area contributed by atoms with Gasteiger partial charge in [0.15, 0.2) is 0 Å². The molecule has 1 nitrogen and oxygen atoms in total. The Hall–Kier alpha value is -0.470. The molecule has 0 amide bonds. The quantitative estimate of drug-likeness (QED) is 0.830. The van der Waals surface area contributed by atoms with E-state index < -0.39 is 5.60 Å². The molecule has 0 spiro atoms. The first-order valence-corrected chi connectivity index (χ1v) is 6.65. The molecule has 82 valence electrons. The Kier molecular flexibility index (Phi) is 3.08. The molecule has 1 aromatic carbocycles. The van der Waals surface area contributed by atoms with Gasteiger partial charge in [0, 0.05) is 5.25 Å². The summed E-state index contributed by atoms with van der Waals surface area (Å²) in [7, 11) is 0. The maximum absolute atomic E-state index is 10.6. The molecule has 2 rings (SSSR count). The Balaban J connectivity index is 2.28. The molecular formula is C13H18OS. The van der Waals surface area contributed by atoms with Crippen molar-refractivity contribution in [2.45, 2.75) is 37.5 Å². The van der Waals surface area contributed by atoms with Gasteiger partial charge < -0.3 is 5.11 Å². The number of rotatable bonds is 2. The standard InChI is InChI=1S/C13H18OS/c1-3-11-4-6-12(7-5-11)13(14)8-9-15-10(13)2/h4-7,10,14H,3,8-9H2,1-2H3. The third-order valence-electron chi connectivity index (χ3n) is 3.39. The van der Waals surface area contributed by atoms with Crippen LogP contribution < -0.4 is 0 Å². The smallest absolute Gasteiger partial charge is 0.102 e. The van der Waals surface area contributed by atoms with E-state index in [1.807, 2.05) is 11.8 Å². The number of aliphatic hydroxyl groups is 1. The zero-order valence-corrected chi connectivity index (χ0v) is 10.2. The number of hydrogen-bond acceptors (Lipinski definition) is 2. The molecule has 2 heteroatoms. The van der Waals surface area contributed by atoms with Gasteiger partial charge in [-0.3, -0.25) is 0 Å². The second-order valence-electron chi connectivity index (χ2n) is 4.24. The van der Waals surface area contributed by atoms with Gasteiger partial charge in [0.2, 0.25) is 0 Å².